The van der Waals surface area contributed by atoms with Crippen molar-refractivity contribution >= 4 is 6.21 Å². The second kappa shape index (κ2) is 6.22. The van der Waals surface area contributed by atoms with Gasteiger partial charge >= 0.3 is 0 Å². The van der Waals surface area contributed by atoms with Crippen LogP contribution in [0.2, 0.25) is 0 Å². The molecule has 0 radical (unpaired) electrons. The molecule has 5 nitrogen and oxygen atoms in total. The van der Waals surface area contributed by atoms with Crippen LogP contribution in [-0.2, 0) is 0 Å². The molecule has 0 amide bonds. The third-order valence-corrected chi connectivity index (χ3v) is 3.11. The summed E-state index contributed by atoms with van der Waals surface area (Å²) in [5.41, 5.74) is 0.945. The SMILES string of the molecule is Cc1nnc(C)n1/N=C/c1cccc(Oc2ccccc2)c1. The van der Waals surface area contributed by atoms with E-state index in [0.717, 1.165) is 28.7 Å². The van der Waals surface area contributed by atoms with Gasteiger partial charge in [-0.05, 0) is 43.7 Å². The normalized spacial score (nSPS) is 11.0. The molecule has 0 atom stereocenters. The van der Waals surface area contributed by atoms with Crippen LogP contribution >= 0.6 is 0 Å². The van der Waals surface area contributed by atoms with Crippen molar-refractivity contribution in [3.8, 4) is 11.5 Å². The molecule has 0 aliphatic heterocycles. The molecule has 5 heteroatoms. The van der Waals surface area contributed by atoms with Gasteiger partial charge in [0.1, 0.15) is 11.5 Å². The Bertz CT molecular complexity index is 774. The van der Waals surface area contributed by atoms with E-state index in [2.05, 4.69) is 15.3 Å². The van der Waals surface area contributed by atoms with E-state index in [9.17, 15) is 0 Å². The molecule has 0 aliphatic rings. The van der Waals surface area contributed by atoms with Gasteiger partial charge in [0.05, 0.1) is 6.21 Å². The second-order valence-corrected chi connectivity index (χ2v) is 4.84. The number of para-hydroxylation sites is 1. The van der Waals surface area contributed by atoms with Gasteiger partial charge in [0.25, 0.3) is 0 Å². The van der Waals surface area contributed by atoms with E-state index in [-0.39, 0.29) is 0 Å². The summed E-state index contributed by atoms with van der Waals surface area (Å²) >= 11 is 0. The van der Waals surface area contributed by atoms with Gasteiger partial charge < -0.3 is 4.74 Å². The van der Waals surface area contributed by atoms with Gasteiger partial charge in [-0.25, -0.2) is 4.68 Å². The Kier molecular flexibility index (Phi) is 3.96. The highest BCUT2D eigenvalue weighted by Gasteiger charge is 2.02. The minimum Gasteiger partial charge on any atom is -0.457 e. The van der Waals surface area contributed by atoms with Crippen molar-refractivity contribution in [3.63, 3.8) is 0 Å². The molecule has 2 aromatic carbocycles. The van der Waals surface area contributed by atoms with Crippen molar-refractivity contribution in [1.82, 2.24) is 14.9 Å². The summed E-state index contributed by atoms with van der Waals surface area (Å²) in [6.07, 6.45) is 1.77. The first kappa shape index (κ1) is 14.0. The van der Waals surface area contributed by atoms with Gasteiger partial charge in [-0.1, -0.05) is 30.3 Å². The molecule has 0 spiro atoms. The van der Waals surface area contributed by atoms with Gasteiger partial charge in [-0.2, -0.15) is 5.10 Å². The van der Waals surface area contributed by atoms with Crippen LogP contribution in [0.25, 0.3) is 0 Å². The average Bonchev–Trinajstić information content (AvgIpc) is 2.85. The largest absolute Gasteiger partial charge is 0.457 e. The summed E-state index contributed by atoms with van der Waals surface area (Å²) < 4.78 is 7.51. The van der Waals surface area contributed by atoms with Crippen molar-refractivity contribution < 1.29 is 4.74 Å². The molecule has 0 unspecified atom stereocenters. The maximum Gasteiger partial charge on any atom is 0.151 e. The van der Waals surface area contributed by atoms with Crippen LogP contribution in [0, 0.1) is 13.8 Å². The zero-order valence-corrected chi connectivity index (χ0v) is 12.5. The molecule has 0 saturated heterocycles. The van der Waals surface area contributed by atoms with E-state index in [1.54, 1.807) is 10.9 Å². The molecule has 0 aliphatic carbocycles. The zero-order valence-electron chi connectivity index (χ0n) is 12.5. The molecule has 3 rings (SSSR count). The van der Waals surface area contributed by atoms with Crippen LogP contribution < -0.4 is 4.74 Å². The Morgan fingerprint density at radius 1 is 0.909 bits per heavy atom. The second-order valence-electron chi connectivity index (χ2n) is 4.84. The van der Waals surface area contributed by atoms with E-state index < -0.39 is 0 Å². The van der Waals surface area contributed by atoms with Crippen molar-refractivity contribution in [2.45, 2.75) is 13.8 Å². The number of hydrogen-bond donors (Lipinski definition) is 0. The van der Waals surface area contributed by atoms with Crippen molar-refractivity contribution in [1.29, 1.82) is 0 Å². The zero-order chi connectivity index (χ0) is 15.4. The van der Waals surface area contributed by atoms with Gasteiger partial charge in [-0.3, -0.25) is 0 Å². The molecule has 3 aromatic rings. The molecule has 0 N–H and O–H groups in total. The third-order valence-electron chi connectivity index (χ3n) is 3.11. The molecule has 0 saturated carbocycles. The third kappa shape index (κ3) is 3.20. The van der Waals surface area contributed by atoms with E-state index in [4.69, 9.17) is 4.74 Å². The average molecular weight is 292 g/mol. The number of ether oxygens (including phenoxy) is 1. The number of hydrogen-bond acceptors (Lipinski definition) is 4. The molecule has 1 heterocycles. The Morgan fingerprint density at radius 2 is 1.59 bits per heavy atom. The smallest absolute Gasteiger partial charge is 0.151 e. The van der Waals surface area contributed by atoms with Crippen LogP contribution in [0.4, 0.5) is 0 Å². The Labute approximate surface area is 128 Å². The Hall–Kier alpha value is -2.95. The summed E-state index contributed by atoms with van der Waals surface area (Å²) in [5, 5.41) is 12.3. The lowest BCUT2D eigenvalue weighted by molar-refractivity contribution is 0.482. The summed E-state index contributed by atoms with van der Waals surface area (Å²) in [6.45, 7) is 3.73. The minimum atomic E-state index is 0.755. The van der Waals surface area contributed by atoms with E-state index in [0.29, 0.717) is 0 Å². The first-order chi connectivity index (χ1) is 10.7. The molecular formula is C17H16N4O. The molecule has 22 heavy (non-hydrogen) atoms. The summed E-state index contributed by atoms with van der Waals surface area (Å²) in [7, 11) is 0. The maximum absolute atomic E-state index is 5.81. The first-order valence-corrected chi connectivity index (χ1v) is 6.98. The Balaban J connectivity index is 1.80. The molecular weight excluding hydrogens is 276 g/mol. The van der Waals surface area contributed by atoms with E-state index >= 15 is 0 Å². The highest BCUT2D eigenvalue weighted by molar-refractivity contribution is 5.80. The fourth-order valence-corrected chi connectivity index (χ4v) is 2.04. The van der Waals surface area contributed by atoms with Gasteiger partial charge in [-0.15, -0.1) is 10.2 Å². The van der Waals surface area contributed by atoms with Crippen LogP contribution in [0.5, 0.6) is 11.5 Å². The predicted molar refractivity (Wildman–Crippen MR) is 85.4 cm³/mol. The fraction of sp³-hybridized carbons (Fsp3) is 0.118. The number of benzene rings is 2. The monoisotopic (exact) mass is 292 g/mol. The van der Waals surface area contributed by atoms with Crippen LogP contribution in [-0.4, -0.2) is 21.1 Å². The topological polar surface area (TPSA) is 52.3 Å². The maximum atomic E-state index is 5.81. The van der Waals surface area contributed by atoms with E-state index in [1.165, 1.54) is 0 Å². The number of nitrogens with zero attached hydrogens (tertiary/aromatic N) is 4. The quantitative estimate of drug-likeness (QED) is 0.691. The summed E-state index contributed by atoms with van der Waals surface area (Å²) in [5.74, 6) is 3.09. The summed E-state index contributed by atoms with van der Waals surface area (Å²) in [6, 6.07) is 17.4. The number of aromatic nitrogens is 3. The first-order valence-electron chi connectivity index (χ1n) is 6.98. The molecule has 0 bridgehead atoms. The fourth-order valence-electron chi connectivity index (χ4n) is 2.04. The standard InChI is InChI=1S/C17H16N4O/c1-13-19-20-14(2)21(13)18-12-15-7-6-10-17(11-15)22-16-8-4-3-5-9-16/h3-12H,1-2H3/b18-12+. The minimum absolute atomic E-state index is 0.755. The van der Waals surface area contributed by atoms with Crippen molar-refractivity contribution in [2.24, 2.45) is 5.10 Å². The van der Waals surface area contributed by atoms with Crippen molar-refractivity contribution in [3.05, 3.63) is 71.8 Å². The molecule has 1 aromatic heterocycles. The molecule has 110 valence electrons. The lowest BCUT2D eigenvalue weighted by Gasteiger charge is -2.05. The lowest BCUT2D eigenvalue weighted by atomic mass is 10.2. The van der Waals surface area contributed by atoms with Gasteiger partial charge in [0.2, 0.25) is 0 Å². The number of rotatable bonds is 4. The van der Waals surface area contributed by atoms with Crippen LogP contribution in [0.1, 0.15) is 17.2 Å². The number of aryl methyl sites for hydroxylation is 2. The van der Waals surface area contributed by atoms with Gasteiger partial charge in [0.15, 0.2) is 11.6 Å². The van der Waals surface area contributed by atoms with Crippen LogP contribution in [0.3, 0.4) is 0 Å². The highest BCUT2D eigenvalue weighted by atomic mass is 16.5. The van der Waals surface area contributed by atoms with Gasteiger partial charge in [0, 0.05) is 0 Å². The Morgan fingerprint density at radius 3 is 2.32 bits per heavy atom. The molecule has 0 fully saturated rings. The van der Waals surface area contributed by atoms with Crippen molar-refractivity contribution in [2.75, 3.05) is 0 Å². The van der Waals surface area contributed by atoms with E-state index in [1.807, 2.05) is 68.4 Å². The summed E-state index contributed by atoms with van der Waals surface area (Å²) in [4.78, 5) is 0. The lowest BCUT2D eigenvalue weighted by Crippen LogP contribution is -1.96. The van der Waals surface area contributed by atoms with Crippen LogP contribution in [0.15, 0.2) is 59.7 Å². The highest BCUT2D eigenvalue weighted by Crippen LogP contribution is 2.21. The predicted octanol–water partition coefficient (Wildman–Crippen LogP) is 3.57.